The molecule has 0 aliphatic carbocycles. The summed E-state index contributed by atoms with van der Waals surface area (Å²) in [6.45, 7) is 4.90. The van der Waals surface area contributed by atoms with Crippen LogP contribution in [-0.4, -0.2) is 53.7 Å². The molecule has 2 unspecified atom stereocenters. The van der Waals surface area contributed by atoms with Crippen LogP contribution in [0.5, 0.6) is 5.75 Å². The number of hydrogen-bond donors (Lipinski definition) is 0. The van der Waals surface area contributed by atoms with Crippen molar-refractivity contribution in [1.29, 1.82) is 0 Å². The van der Waals surface area contributed by atoms with Crippen LogP contribution in [0.4, 0.5) is 0 Å². The second kappa shape index (κ2) is 10.0. The van der Waals surface area contributed by atoms with Gasteiger partial charge in [-0.15, -0.1) is 0 Å². The Hall–Kier alpha value is -2.74. The van der Waals surface area contributed by atoms with E-state index >= 15 is 0 Å². The number of methoxy groups -OCH3 is 2. The van der Waals surface area contributed by atoms with Gasteiger partial charge in [0.15, 0.2) is 5.17 Å². The zero-order valence-corrected chi connectivity index (χ0v) is 20.5. The van der Waals surface area contributed by atoms with E-state index < -0.39 is 12.0 Å². The molecule has 0 radical (unpaired) electrons. The van der Waals surface area contributed by atoms with Gasteiger partial charge in [0.25, 0.3) is 0 Å². The van der Waals surface area contributed by atoms with Crippen LogP contribution >= 0.6 is 11.8 Å². The highest BCUT2D eigenvalue weighted by Gasteiger charge is 2.42. The molecule has 7 nitrogen and oxygen atoms in total. The number of nitrogens with zero attached hydrogens (tertiary/aromatic N) is 3. The molecule has 0 bridgehead atoms. The third-order valence-corrected chi connectivity index (χ3v) is 7.38. The minimum absolute atomic E-state index is 0.115. The van der Waals surface area contributed by atoms with Gasteiger partial charge in [-0.05, 0) is 55.7 Å². The van der Waals surface area contributed by atoms with E-state index in [4.69, 9.17) is 14.5 Å². The Morgan fingerprint density at radius 1 is 1.24 bits per heavy atom. The van der Waals surface area contributed by atoms with Crippen LogP contribution in [0, 0.1) is 0 Å². The van der Waals surface area contributed by atoms with Gasteiger partial charge in [0, 0.05) is 18.3 Å². The van der Waals surface area contributed by atoms with Gasteiger partial charge in [-0.1, -0.05) is 30.8 Å². The summed E-state index contributed by atoms with van der Waals surface area (Å²) < 4.78 is 10.6. The molecular weight excluding hydrogens is 438 g/mol. The highest BCUT2D eigenvalue weighted by Crippen LogP contribution is 2.46. The van der Waals surface area contributed by atoms with Gasteiger partial charge in [-0.3, -0.25) is 4.79 Å². The van der Waals surface area contributed by atoms with E-state index in [2.05, 4.69) is 6.92 Å². The van der Waals surface area contributed by atoms with Crippen molar-refractivity contribution in [2.24, 2.45) is 4.99 Å². The molecule has 1 saturated heterocycles. The topological polar surface area (TPSA) is 71.4 Å². The Morgan fingerprint density at radius 2 is 2.06 bits per heavy atom. The van der Waals surface area contributed by atoms with Crippen molar-refractivity contribution in [3.05, 3.63) is 52.2 Å². The molecule has 4 rings (SSSR count). The molecule has 176 valence electrons. The fourth-order valence-corrected chi connectivity index (χ4v) is 5.70. The maximum atomic E-state index is 13.3. The number of aliphatic imine (C=N–C) groups is 1. The second-order valence-corrected chi connectivity index (χ2v) is 9.32. The quantitative estimate of drug-likeness (QED) is 0.566. The zero-order chi connectivity index (χ0) is 23.5. The van der Waals surface area contributed by atoms with Crippen LogP contribution in [0.3, 0.4) is 0 Å². The number of carbonyl (C=O) groups excluding carboxylic acids is 2. The van der Waals surface area contributed by atoms with Crippen molar-refractivity contribution < 1.29 is 19.1 Å². The number of benzene rings is 1. The minimum atomic E-state index is -0.442. The van der Waals surface area contributed by atoms with Gasteiger partial charge in [0.2, 0.25) is 5.91 Å². The molecule has 0 saturated carbocycles. The highest BCUT2D eigenvalue weighted by atomic mass is 32.2. The van der Waals surface area contributed by atoms with Gasteiger partial charge in [0.1, 0.15) is 5.75 Å². The number of amidine groups is 1. The molecule has 0 aromatic heterocycles. The first-order chi connectivity index (χ1) is 16.0. The number of thioether (sulfide) groups is 1. The molecule has 8 heteroatoms. The second-order valence-electron chi connectivity index (χ2n) is 8.48. The molecule has 1 aromatic carbocycles. The fourth-order valence-electron chi connectivity index (χ4n) is 4.76. The fraction of sp³-hybridized carbons (Fsp3) is 0.480. The molecule has 33 heavy (non-hydrogen) atoms. The van der Waals surface area contributed by atoms with E-state index in [1.165, 1.54) is 18.9 Å². The molecule has 1 fully saturated rings. The smallest absolute Gasteiger partial charge is 0.338 e. The van der Waals surface area contributed by atoms with Crippen LogP contribution in [0.25, 0.3) is 0 Å². The average Bonchev–Trinajstić information content (AvgIpc) is 3.24. The van der Waals surface area contributed by atoms with Crippen molar-refractivity contribution in [3.63, 3.8) is 0 Å². The summed E-state index contributed by atoms with van der Waals surface area (Å²) in [7, 11) is 3.01. The van der Waals surface area contributed by atoms with Crippen LogP contribution in [0.2, 0.25) is 0 Å². The van der Waals surface area contributed by atoms with Crippen molar-refractivity contribution in [2.45, 2.75) is 58.0 Å². The van der Waals surface area contributed by atoms with E-state index in [-0.39, 0.29) is 18.4 Å². The van der Waals surface area contributed by atoms with Gasteiger partial charge in [0.05, 0.1) is 38.0 Å². The maximum absolute atomic E-state index is 13.3. The first-order valence-electron chi connectivity index (χ1n) is 11.5. The molecule has 3 aliphatic heterocycles. The van der Waals surface area contributed by atoms with E-state index in [0.29, 0.717) is 23.4 Å². The number of fused-ring (bicyclic) bond motifs is 1. The Morgan fingerprint density at radius 3 is 2.76 bits per heavy atom. The van der Waals surface area contributed by atoms with Crippen LogP contribution in [-0.2, 0) is 14.3 Å². The molecule has 1 aromatic rings. The summed E-state index contributed by atoms with van der Waals surface area (Å²) in [5.74, 6) is 0.411. The summed E-state index contributed by atoms with van der Waals surface area (Å²) in [5, 5.41) is 2.77. The molecule has 3 aliphatic rings. The van der Waals surface area contributed by atoms with Crippen LogP contribution in [0.1, 0.15) is 57.6 Å². The van der Waals surface area contributed by atoms with Crippen molar-refractivity contribution in [3.8, 4) is 5.75 Å². The Balaban J connectivity index is 1.73. The number of carbonyl (C=O) groups is 2. The van der Waals surface area contributed by atoms with Crippen molar-refractivity contribution in [1.82, 2.24) is 9.80 Å². The number of amides is 1. The van der Waals surface area contributed by atoms with Crippen LogP contribution in [0.15, 0.2) is 51.6 Å². The number of hydrogen-bond acceptors (Lipinski definition) is 7. The average molecular weight is 470 g/mol. The lowest BCUT2D eigenvalue weighted by Gasteiger charge is -2.38. The van der Waals surface area contributed by atoms with E-state index in [9.17, 15) is 9.59 Å². The normalized spacial score (nSPS) is 22.5. The summed E-state index contributed by atoms with van der Waals surface area (Å²) in [6, 6.07) is 7.50. The van der Waals surface area contributed by atoms with E-state index in [1.807, 2.05) is 46.4 Å². The summed E-state index contributed by atoms with van der Waals surface area (Å²) >= 11 is 1.50. The lowest BCUT2D eigenvalue weighted by Crippen LogP contribution is -2.43. The number of allylic oxidation sites excluding steroid dienone is 1. The zero-order valence-electron chi connectivity index (χ0n) is 19.7. The number of esters is 1. The lowest BCUT2D eigenvalue weighted by atomic mass is 9.92. The molecular formula is C25H31N3O4S. The Bertz CT molecular complexity index is 1030. The van der Waals surface area contributed by atoms with Crippen LogP contribution < -0.4 is 4.74 Å². The lowest BCUT2D eigenvalue weighted by molar-refractivity contribution is -0.136. The maximum Gasteiger partial charge on any atom is 0.338 e. The molecule has 3 heterocycles. The molecule has 0 spiro atoms. The van der Waals surface area contributed by atoms with E-state index in [1.54, 1.807) is 7.11 Å². The predicted octanol–water partition coefficient (Wildman–Crippen LogP) is 4.62. The van der Waals surface area contributed by atoms with Gasteiger partial charge >= 0.3 is 5.97 Å². The van der Waals surface area contributed by atoms with Crippen molar-refractivity contribution >= 4 is 28.8 Å². The molecule has 1 amide bonds. The highest BCUT2D eigenvalue weighted by molar-refractivity contribution is 8.16. The number of ether oxygens (including phenoxy) is 2. The van der Waals surface area contributed by atoms with Gasteiger partial charge < -0.3 is 19.3 Å². The monoisotopic (exact) mass is 469 g/mol. The van der Waals surface area contributed by atoms with Crippen molar-refractivity contribution in [2.75, 3.05) is 20.8 Å². The van der Waals surface area contributed by atoms with E-state index in [0.717, 1.165) is 42.2 Å². The third kappa shape index (κ3) is 4.53. The largest absolute Gasteiger partial charge is 0.497 e. The first-order valence-corrected chi connectivity index (χ1v) is 12.3. The summed E-state index contributed by atoms with van der Waals surface area (Å²) in [5.41, 5.74) is 2.95. The molecule has 2 atom stereocenters. The Kier molecular flexibility index (Phi) is 7.12. The third-order valence-electron chi connectivity index (χ3n) is 6.49. The number of likely N-dealkylation sites (tertiary alicyclic amines) is 1. The van der Waals surface area contributed by atoms with Gasteiger partial charge in [-0.25, -0.2) is 9.79 Å². The molecule has 0 N–H and O–H groups in total. The van der Waals surface area contributed by atoms with Gasteiger partial charge in [-0.2, -0.15) is 0 Å². The standard InChI is InChI=1S/C25H31N3O4S/c1-5-20-22(24(30)32-4)23(17-10-8-11-19(13-17)31-3)28-18(15-33-25(28)26-20)14-21(29)27-12-7-6-9-16(27)2/h8,10-11,13,15-16,23H,5-7,9,12,14H2,1-4H3. The Labute approximate surface area is 199 Å². The SMILES string of the molecule is CCC1=C(C(=O)OC)C(c2cccc(OC)c2)N2C(CC(=O)N3CCCCC3C)=CSC2=N1. The summed E-state index contributed by atoms with van der Waals surface area (Å²) in [6.07, 6.45) is 4.12. The predicted molar refractivity (Wildman–Crippen MR) is 130 cm³/mol. The first kappa shape index (κ1) is 23.4. The minimum Gasteiger partial charge on any atom is -0.497 e. The summed E-state index contributed by atoms with van der Waals surface area (Å²) in [4.78, 5) is 35.0. The number of rotatable bonds is 6. The number of piperidine rings is 1.